The van der Waals surface area contributed by atoms with Crippen molar-refractivity contribution in [2.45, 2.75) is 0 Å². The molecule has 2 aromatic rings. The zero-order chi connectivity index (χ0) is 13.5. The lowest BCUT2D eigenvalue weighted by molar-refractivity contribution is 0.0550. The maximum absolute atomic E-state index is 11.6. The monoisotopic (exact) mass is 254 g/mol. The molecule has 0 unspecified atom stereocenters. The van der Waals surface area contributed by atoms with Crippen LogP contribution in [0.25, 0.3) is 0 Å². The number of carbonyl (C=O) groups is 1. The first-order chi connectivity index (χ1) is 9.29. The quantitative estimate of drug-likeness (QED) is 0.601. The fraction of sp³-hybridized carbons (Fsp3) is 0.0625. The highest BCUT2D eigenvalue weighted by molar-refractivity contribution is 5.89. The number of carbonyl (C=O) groups excluding carboxylic acids is 1. The number of hydrogen-bond donors (Lipinski definition) is 0. The number of benzene rings is 2. The van der Waals surface area contributed by atoms with Gasteiger partial charge in [-0.25, -0.2) is 4.79 Å². The highest BCUT2D eigenvalue weighted by atomic mass is 16.5. The van der Waals surface area contributed by atoms with Crippen molar-refractivity contribution in [2.75, 3.05) is 6.61 Å². The number of esters is 1. The molecule has 0 aliphatic rings. The zero-order valence-corrected chi connectivity index (χ0v) is 10.4. The van der Waals surface area contributed by atoms with Crippen LogP contribution in [0.3, 0.4) is 0 Å². The minimum absolute atomic E-state index is 0.209. The van der Waals surface area contributed by atoms with E-state index in [9.17, 15) is 4.79 Å². The first kappa shape index (κ1) is 12.9. The molecule has 2 rings (SSSR count). The fourth-order valence-corrected chi connectivity index (χ4v) is 1.50. The van der Waals surface area contributed by atoms with E-state index in [0.717, 1.165) is 5.75 Å². The zero-order valence-electron chi connectivity index (χ0n) is 10.4. The third-order valence-corrected chi connectivity index (χ3v) is 2.40. The second-order valence-electron chi connectivity index (χ2n) is 3.83. The van der Waals surface area contributed by atoms with Gasteiger partial charge in [-0.3, -0.25) is 0 Å². The fourth-order valence-electron chi connectivity index (χ4n) is 1.50. The summed E-state index contributed by atoms with van der Waals surface area (Å²) in [7, 11) is 0. The van der Waals surface area contributed by atoms with Gasteiger partial charge in [0.15, 0.2) is 0 Å². The molecule has 0 saturated carbocycles. The van der Waals surface area contributed by atoms with Gasteiger partial charge in [-0.1, -0.05) is 30.9 Å². The van der Waals surface area contributed by atoms with E-state index in [1.807, 2.05) is 30.3 Å². The molecule has 2 aromatic carbocycles. The lowest BCUT2D eigenvalue weighted by Crippen LogP contribution is -2.04. The van der Waals surface area contributed by atoms with Crippen LogP contribution in [0.1, 0.15) is 10.4 Å². The van der Waals surface area contributed by atoms with Crippen molar-refractivity contribution in [1.29, 1.82) is 0 Å². The van der Waals surface area contributed by atoms with E-state index in [2.05, 4.69) is 6.58 Å². The second-order valence-corrected chi connectivity index (χ2v) is 3.83. The van der Waals surface area contributed by atoms with E-state index in [-0.39, 0.29) is 12.6 Å². The average Bonchev–Trinajstić information content (AvgIpc) is 2.46. The third kappa shape index (κ3) is 3.71. The smallest absolute Gasteiger partial charge is 0.338 e. The van der Waals surface area contributed by atoms with Gasteiger partial charge < -0.3 is 9.47 Å². The Hall–Kier alpha value is -2.55. The molecule has 19 heavy (non-hydrogen) atoms. The van der Waals surface area contributed by atoms with Crippen LogP contribution in [0.2, 0.25) is 0 Å². The molecule has 0 aromatic heterocycles. The Morgan fingerprint density at radius 1 is 1.00 bits per heavy atom. The summed E-state index contributed by atoms with van der Waals surface area (Å²) in [6.45, 7) is 3.70. The van der Waals surface area contributed by atoms with Gasteiger partial charge >= 0.3 is 5.97 Å². The summed E-state index contributed by atoms with van der Waals surface area (Å²) in [4.78, 5) is 11.6. The van der Waals surface area contributed by atoms with Gasteiger partial charge in [-0.05, 0) is 36.4 Å². The Kier molecular flexibility index (Phi) is 4.34. The standard InChI is InChI=1S/C16H14O3/c1-2-12-18-16(17)13-8-10-15(11-9-13)19-14-6-4-3-5-7-14/h2-11H,1,12H2. The number of rotatable bonds is 5. The maximum atomic E-state index is 11.6. The second kappa shape index (κ2) is 6.40. The summed E-state index contributed by atoms with van der Waals surface area (Å²) in [5, 5.41) is 0. The molecule has 3 heteroatoms. The first-order valence-electron chi connectivity index (χ1n) is 5.90. The Balaban J connectivity index is 2.02. The minimum atomic E-state index is -0.369. The normalized spacial score (nSPS) is 9.68. The SMILES string of the molecule is C=CCOC(=O)c1ccc(Oc2ccccc2)cc1. The van der Waals surface area contributed by atoms with E-state index in [0.29, 0.717) is 11.3 Å². The summed E-state index contributed by atoms with van der Waals surface area (Å²) in [6.07, 6.45) is 1.53. The predicted octanol–water partition coefficient (Wildman–Crippen LogP) is 3.82. The van der Waals surface area contributed by atoms with E-state index < -0.39 is 0 Å². The Morgan fingerprint density at radius 3 is 2.26 bits per heavy atom. The summed E-state index contributed by atoms with van der Waals surface area (Å²) in [5.41, 5.74) is 0.488. The third-order valence-electron chi connectivity index (χ3n) is 2.40. The predicted molar refractivity (Wildman–Crippen MR) is 73.4 cm³/mol. The van der Waals surface area contributed by atoms with Gasteiger partial charge in [0.1, 0.15) is 18.1 Å². The maximum Gasteiger partial charge on any atom is 0.338 e. The van der Waals surface area contributed by atoms with Gasteiger partial charge in [0, 0.05) is 0 Å². The molecular weight excluding hydrogens is 240 g/mol. The largest absolute Gasteiger partial charge is 0.458 e. The lowest BCUT2D eigenvalue weighted by atomic mass is 10.2. The molecule has 0 heterocycles. The van der Waals surface area contributed by atoms with Gasteiger partial charge in [0.05, 0.1) is 5.56 Å². The summed E-state index contributed by atoms with van der Waals surface area (Å²) < 4.78 is 10.6. The van der Waals surface area contributed by atoms with Gasteiger partial charge in [-0.2, -0.15) is 0 Å². The molecule has 96 valence electrons. The Morgan fingerprint density at radius 2 is 1.63 bits per heavy atom. The molecule has 0 saturated heterocycles. The Labute approximate surface area is 112 Å². The average molecular weight is 254 g/mol. The van der Waals surface area contributed by atoms with Crippen molar-refractivity contribution < 1.29 is 14.3 Å². The van der Waals surface area contributed by atoms with Crippen molar-refractivity contribution in [3.05, 3.63) is 72.8 Å². The van der Waals surface area contributed by atoms with Crippen LogP contribution in [0.15, 0.2) is 67.3 Å². The molecule has 0 amide bonds. The van der Waals surface area contributed by atoms with Crippen molar-refractivity contribution in [3.8, 4) is 11.5 Å². The van der Waals surface area contributed by atoms with Crippen molar-refractivity contribution in [1.82, 2.24) is 0 Å². The van der Waals surface area contributed by atoms with Gasteiger partial charge in [0.25, 0.3) is 0 Å². The molecular formula is C16H14O3. The molecule has 0 fully saturated rings. The topological polar surface area (TPSA) is 35.5 Å². The minimum Gasteiger partial charge on any atom is -0.458 e. The van der Waals surface area contributed by atoms with Crippen LogP contribution in [-0.2, 0) is 4.74 Å². The molecule has 0 radical (unpaired) electrons. The molecule has 0 N–H and O–H groups in total. The van der Waals surface area contributed by atoms with Crippen molar-refractivity contribution in [2.24, 2.45) is 0 Å². The van der Waals surface area contributed by atoms with Gasteiger partial charge in [-0.15, -0.1) is 0 Å². The molecule has 0 atom stereocenters. The Bertz CT molecular complexity index is 544. The molecule has 0 aliphatic heterocycles. The summed E-state index contributed by atoms with van der Waals surface area (Å²) in [6, 6.07) is 16.3. The lowest BCUT2D eigenvalue weighted by Gasteiger charge is -2.06. The highest BCUT2D eigenvalue weighted by Crippen LogP contribution is 2.21. The van der Waals surface area contributed by atoms with Crippen LogP contribution in [0.4, 0.5) is 0 Å². The van der Waals surface area contributed by atoms with Crippen LogP contribution in [0.5, 0.6) is 11.5 Å². The van der Waals surface area contributed by atoms with Crippen LogP contribution < -0.4 is 4.74 Å². The number of para-hydroxylation sites is 1. The van der Waals surface area contributed by atoms with Crippen LogP contribution in [-0.4, -0.2) is 12.6 Å². The molecule has 0 aliphatic carbocycles. The van der Waals surface area contributed by atoms with Gasteiger partial charge in [0.2, 0.25) is 0 Å². The summed E-state index contributed by atoms with van der Waals surface area (Å²) >= 11 is 0. The number of ether oxygens (including phenoxy) is 2. The van der Waals surface area contributed by atoms with Crippen LogP contribution in [0, 0.1) is 0 Å². The molecule has 0 bridgehead atoms. The van der Waals surface area contributed by atoms with Crippen molar-refractivity contribution in [3.63, 3.8) is 0 Å². The van der Waals surface area contributed by atoms with E-state index in [1.165, 1.54) is 6.08 Å². The highest BCUT2D eigenvalue weighted by Gasteiger charge is 2.06. The molecule has 0 spiro atoms. The van der Waals surface area contributed by atoms with Crippen LogP contribution >= 0.6 is 0 Å². The van der Waals surface area contributed by atoms with Crippen molar-refractivity contribution >= 4 is 5.97 Å². The molecule has 3 nitrogen and oxygen atoms in total. The first-order valence-corrected chi connectivity index (χ1v) is 5.90. The van der Waals surface area contributed by atoms with E-state index in [4.69, 9.17) is 9.47 Å². The number of hydrogen-bond acceptors (Lipinski definition) is 3. The van der Waals surface area contributed by atoms with E-state index in [1.54, 1.807) is 24.3 Å². The van der Waals surface area contributed by atoms with E-state index >= 15 is 0 Å². The summed E-state index contributed by atoms with van der Waals surface area (Å²) in [5.74, 6) is 1.06.